The van der Waals surface area contributed by atoms with Gasteiger partial charge in [-0.2, -0.15) is 15.2 Å². The van der Waals surface area contributed by atoms with Crippen molar-refractivity contribution in [1.29, 1.82) is 5.26 Å². The molecule has 0 saturated carbocycles. The lowest BCUT2D eigenvalue weighted by molar-refractivity contribution is 0.206. The van der Waals surface area contributed by atoms with Crippen LogP contribution in [-0.4, -0.2) is 39.0 Å². The number of fused-ring (bicyclic) bond motifs is 1. The van der Waals surface area contributed by atoms with E-state index in [1.54, 1.807) is 6.07 Å². The van der Waals surface area contributed by atoms with Gasteiger partial charge in [-0.15, -0.1) is 0 Å². The zero-order chi connectivity index (χ0) is 22.1. The first kappa shape index (κ1) is 20.9. The lowest BCUT2D eigenvalue weighted by Gasteiger charge is -2.32. The number of pyridine rings is 1. The molecular weight excluding hydrogens is 400 g/mol. The molecule has 0 aliphatic carbocycles. The van der Waals surface area contributed by atoms with E-state index in [0.29, 0.717) is 30.5 Å². The Morgan fingerprint density at radius 3 is 2.45 bits per heavy atom. The topological polar surface area (TPSA) is 104 Å². The van der Waals surface area contributed by atoms with Crippen molar-refractivity contribution in [3.63, 3.8) is 0 Å². The minimum Gasteiger partial charge on any atom is -0.383 e. The highest BCUT2D eigenvalue weighted by atomic mass is 19.1. The number of nitrogen functional groups attached to an aromatic ring is 1. The molecule has 31 heavy (non-hydrogen) atoms. The Bertz CT molecular complexity index is 1160. The van der Waals surface area contributed by atoms with Crippen LogP contribution in [0.3, 0.4) is 0 Å². The Morgan fingerprint density at radius 1 is 1.13 bits per heavy atom. The number of hydrogen-bond acceptors (Lipinski definition) is 7. The maximum atomic E-state index is 14.2. The van der Waals surface area contributed by atoms with Crippen molar-refractivity contribution in [2.45, 2.75) is 39.3 Å². The molecule has 0 bridgehead atoms. The quantitative estimate of drug-likeness (QED) is 0.662. The number of hydrogen-bond donors (Lipinski definition) is 2. The highest BCUT2D eigenvalue weighted by Crippen LogP contribution is 2.25. The van der Waals surface area contributed by atoms with Crippen LogP contribution < -0.4 is 11.1 Å². The van der Waals surface area contributed by atoms with Crippen molar-refractivity contribution in [1.82, 2.24) is 19.9 Å². The number of rotatable bonds is 4. The molecule has 160 valence electrons. The molecule has 0 unspecified atom stereocenters. The monoisotopic (exact) mass is 423 g/mol. The largest absolute Gasteiger partial charge is 0.383 e. The van der Waals surface area contributed by atoms with Crippen molar-refractivity contribution in [2.24, 2.45) is 0 Å². The maximum absolute atomic E-state index is 14.2. The van der Waals surface area contributed by atoms with Crippen LogP contribution in [0.1, 0.15) is 35.2 Å². The number of nitrogens with zero attached hydrogens (tertiary/aromatic N) is 5. The molecule has 4 rings (SSSR count). The van der Waals surface area contributed by atoms with Crippen molar-refractivity contribution < 1.29 is 8.78 Å². The number of halogens is 2. The summed E-state index contributed by atoms with van der Waals surface area (Å²) in [7, 11) is 0. The third kappa shape index (κ3) is 4.39. The van der Waals surface area contributed by atoms with Gasteiger partial charge in [-0.25, -0.2) is 13.8 Å². The van der Waals surface area contributed by atoms with E-state index in [9.17, 15) is 8.78 Å². The second-order valence-corrected chi connectivity index (χ2v) is 7.94. The summed E-state index contributed by atoms with van der Waals surface area (Å²) in [6, 6.07) is 5.98. The third-order valence-electron chi connectivity index (χ3n) is 5.59. The Balaban J connectivity index is 1.42. The van der Waals surface area contributed by atoms with Gasteiger partial charge in [0.05, 0.1) is 17.0 Å². The first-order valence-electron chi connectivity index (χ1n) is 10.1. The number of aryl methyl sites for hydroxylation is 2. The van der Waals surface area contributed by atoms with Gasteiger partial charge in [0.1, 0.15) is 17.5 Å². The molecule has 3 heterocycles. The van der Waals surface area contributed by atoms with Crippen molar-refractivity contribution in [2.75, 3.05) is 24.1 Å². The van der Waals surface area contributed by atoms with Crippen molar-refractivity contribution in [3.05, 3.63) is 52.2 Å². The van der Waals surface area contributed by atoms with Crippen LogP contribution in [0.15, 0.2) is 18.2 Å². The Hall–Kier alpha value is -3.38. The zero-order valence-electron chi connectivity index (χ0n) is 17.4. The van der Waals surface area contributed by atoms with Crippen LogP contribution in [0, 0.1) is 36.8 Å². The highest BCUT2D eigenvalue weighted by molar-refractivity contribution is 5.89. The van der Waals surface area contributed by atoms with E-state index < -0.39 is 11.6 Å². The number of nitrogens with two attached hydrogens (primary N) is 1. The predicted molar refractivity (Wildman–Crippen MR) is 114 cm³/mol. The molecule has 0 radical (unpaired) electrons. The Kier molecular flexibility index (Phi) is 5.65. The molecule has 1 fully saturated rings. The third-order valence-corrected chi connectivity index (χ3v) is 5.59. The van der Waals surface area contributed by atoms with Gasteiger partial charge in [0.15, 0.2) is 5.65 Å². The molecule has 9 heteroatoms. The number of aromatic nitrogens is 3. The molecule has 0 spiro atoms. The van der Waals surface area contributed by atoms with Crippen LogP contribution in [0.25, 0.3) is 11.0 Å². The molecule has 1 saturated heterocycles. The number of nitrogens with one attached hydrogen (secondary N) is 1. The average molecular weight is 423 g/mol. The van der Waals surface area contributed by atoms with E-state index >= 15 is 0 Å². The van der Waals surface area contributed by atoms with E-state index in [0.717, 1.165) is 41.6 Å². The minimum absolute atomic E-state index is 0.00661. The summed E-state index contributed by atoms with van der Waals surface area (Å²) in [5.41, 5.74) is 8.54. The first-order valence-corrected chi connectivity index (χ1v) is 10.1. The molecule has 1 aromatic carbocycles. The molecule has 7 nitrogen and oxygen atoms in total. The van der Waals surface area contributed by atoms with Gasteiger partial charge in [0, 0.05) is 36.9 Å². The van der Waals surface area contributed by atoms with Gasteiger partial charge in [-0.1, -0.05) is 0 Å². The summed E-state index contributed by atoms with van der Waals surface area (Å²) in [5.74, 6) is -0.545. The zero-order valence-corrected chi connectivity index (χ0v) is 17.4. The molecule has 1 aliphatic rings. The molecule has 3 N–H and O–H groups in total. The van der Waals surface area contributed by atoms with E-state index in [2.05, 4.69) is 20.3 Å². The standard InChI is InChI=1S/C22H23F2N7/c1-12-7-13(2)27-21-19(12)20(26)29-22(30-21)28-15-3-5-31(6-4-15)11-16-17(23)8-14(10-25)9-18(16)24/h7-9,15H,3-6,11H2,1-2H3,(H3,26,27,28,29,30). The summed E-state index contributed by atoms with van der Waals surface area (Å²) >= 11 is 0. The van der Waals surface area contributed by atoms with Crippen molar-refractivity contribution in [3.8, 4) is 6.07 Å². The molecule has 0 amide bonds. The normalized spacial score (nSPS) is 15.2. The van der Waals surface area contributed by atoms with Crippen LogP contribution in [-0.2, 0) is 6.54 Å². The van der Waals surface area contributed by atoms with Crippen LogP contribution in [0.4, 0.5) is 20.5 Å². The van der Waals surface area contributed by atoms with E-state index in [-0.39, 0.29) is 23.7 Å². The molecule has 2 aromatic heterocycles. The number of likely N-dealkylation sites (tertiary alicyclic amines) is 1. The SMILES string of the molecule is Cc1cc(C)c2c(N)nc(NC3CCN(Cc4c(F)cc(C#N)cc4F)CC3)nc2n1. The highest BCUT2D eigenvalue weighted by Gasteiger charge is 2.23. The number of benzene rings is 1. The van der Waals surface area contributed by atoms with E-state index in [1.807, 2.05) is 24.8 Å². The average Bonchev–Trinajstić information content (AvgIpc) is 2.71. The maximum Gasteiger partial charge on any atom is 0.226 e. The van der Waals surface area contributed by atoms with Crippen LogP contribution in [0.5, 0.6) is 0 Å². The van der Waals surface area contributed by atoms with Gasteiger partial charge >= 0.3 is 0 Å². The Labute approximate surface area is 178 Å². The second-order valence-electron chi connectivity index (χ2n) is 7.94. The fraction of sp³-hybridized carbons (Fsp3) is 0.364. The second kappa shape index (κ2) is 8.40. The van der Waals surface area contributed by atoms with E-state index in [1.165, 1.54) is 0 Å². The minimum atomic E-state index is -0.685. The summed E-state index contributed by atoms with van der Waals surface area (Å²) in [6.45, 7) is 5.36. The summed E-state index contributed by atoms with van der Waals surface area (Å²) in [5, 5.41) is 12.9. The van der Waals surface area contributed by atoms with Crippen LogP contribution in [0.2, 0.25) is 0 Å². The first-order chi connectivity index (χ1) is 14.8. The van der Waals surface area contributed by atoms with Gasteiger partial charge in [-0.05, 0) is 50.5 Å². The fourth-order valence-electron chi connectivity index (χ4n) is 4.03. The lowest BCUT2D eigenvalue weighted by Crippen LogP contribution is -2.39. The van der Waals surface area contributed by atoms with Gasteiger partial charge in [-0.3, -0.25) is 4.90 Å². The summed E-state index contributed by atoms with van der Waals surface area (Å²) in [4.78, 5) is 15.4. The predicted octanol–water partition coefficient (Wildman–Crippen LogP) is 3.45. The number of anilines is 2. The summed E-state index contributed by atoms with van der Waals surface area (Å²) < 4.78 is 28.3. The molecule has 3 aromatic rings. The Morgan fingerprint density at radius 2 is 1.81 bits per heavy atom. The number of piperidine rings is 1. The number of nitriles is 1. The molecular formula is C22H23F2N7. The molecule has 0 atom stereocenters. The van der Waals surface area contributed by atoms with Gasteiger partial charge in [0.2, 0.25) is 5.95 Å². The lowest BCUT2D eigenvalue weighted by atomic mass is 10.0. The fourth-order valence-corrected chi connectivity index (χ4v) is 4.03. The van der Waals surface area contributed by atoms with Gasteiger partial charge < -0.3 is 11.1 Å². The smallest absolute Gasteiger partial charge is 0.226 e. The van der Waals surface area contributed by atoms with E-state index in [4.69, 9.17) is 11.0 Å². The van der Waals surface area contributed by atoms with Gasteiger partial charge in [0.25, 0.3) is 0 Å². The summed E-state index contributed by atoms with van der Waals surface area (Å²) in [6.07, 6.45) is 1.53. The molecule has 1 aliphatic heterocycles. The van der Waals surface area contributed by atoms with Crippen LogP contribution >= 0.6 is 0 Å². The van der Waals surface area contributed by atoms with Crippen molar-refractivity contribution >= 4 is 22.8 Å².